The van der Waals surface area contributed by atoms with Crippen LogP contribution >= 0.6 is 0 Å². The van der Waals surface area contributed by atoms with Crippen LogP contribution in [0, 0.1) is 11.6 Å². The number of amides is 1. The molecule has 1 aromatic carbocycles. The molecule has 2 aromatic heterocycles. The van der Waals surface area contributed by atoms with Crippen molar-refractivity contribution in [2.45, 2.75) is 25.2 Å². The number of nitrogens with zero attached hydrogens (tertiary/aromatic N) is 3. The summed E-state index contributed by atoms with van der Waals surface area (Å²) in [4.78, 5) is 30.5. The number of nitrogens with two attached hydrogens (primary N) is 1. The molecule has 0 saturated heterocycles. The summed E-state index contributed by atoms with van der Waals surface area (Å²) < 4.78 is 26.9. The van der Waals surface area contributed by atoms with E-state index in [2.05, 4.69) is 30.2 Å². The van der Waals surface area contributed by atoms with E-state index < -0.39 is 23.5 Å². The summed E-state index contributed by atoms with van der Waals surface area (Å²) in [6.07, 6.45) is 7.90. The van der Waals surface area contributed by atoms with Crippen molar-refractivity contribution >= 4 is 11.9 Å². The second kappa shape index (κ2) is 9.58. The highest BCUT2D eigenvalue weighted by Crippen LogP contribution is 2.26. The third kappa shape index (κ3) is 5.71. The van der Waals surface area contributed by atoms with Crippen LogP contribution < -0.4 is 11.1 Å². The van der Waals surface area contributed by atoms with Gasteiger partial charge in [0.1, 0.15) is 5.82 Å². The third-order valence-corrected chi connectivity index (χ3v) is 4.29. The van der Waals surface area contributed by atoms with E-state index in [4.69, 9.17) is 5.73 Å². The molecule has 0 spiro atoms. The van der Waals surface area contributed by atoms with Gasteiger partial charge in [0.25, 0.3) is 0 Å². The number of imidazole rings is 2. The Bertz CT molecular complexity index is 955. The first-order valence-electron chi connectivity index (χ1n) is 9.04. The number of nitrogens with one attached hydrogen (secondary N) is 3. The van der Waals surface area contributed by atoms with Gasteiger partial charge in [-0.05, 0) is 30.5 Å². The van der Waals surface area contributed by atoms with Gasteiger partial charge in [-0.1, -0.05) is 6.07 Å². The Kier molecular flexibility index (Phi) is 6.67. The maximum Gasteiger partial charge on any atom is 0.227 e. The maximum atomic E-state index is 13.7. The minimum atomic E-state index is -0.988. The smallest absolute Gasteiger partial charge is 0.227 e. The maximum absolute atomic E-state index is 13.7. The minimum absolute atomic E-state index is 0.00286. The fraction of sp³-hybridized carbons (Fsp3) is 0.263. The first kappa shape index (κ1) is 20.2. The van der Waals surface area contributed by atoms with Crippen molar-refractivity contribution in [3.05, 3.63) is 71.8 Å². The molecule has 0 fully saturated rings. The van der Waals surface area contributed by atoms with E-state index >= 15 is 0 Å². The van der Waals surface area contributed by atoms with Crippen molar-refractivity contribution in [1.82, 2.24) is 25.3 Å². The van der Waals surface area contributed by atoms with Crippen molar-refractivity contribution in [3.8, 4) is 0 Å². The molecule has 0 aliphatic rings. The molecule has 3 aromatic rings. The van der Waals surface area contributed by atoms with Gasteiger partial charge in [0.15, 0.2) is 17.6 Å². The summed E-state index contributed by atoms with van der Waals surface area (Å²) >= 11 is 0. The molecule has 152 valence electrons. The Labute approximate surface area is 165 Å². The van der Waals surface area contributed by atoms with E-state index in [1.807, 2.05) is 0 Å². The monoisotopic (exact) mass is 401 g/mol. The van der Waals surface area contributed by atoms with Crippen LogP contribution in [0.4, 0.5) is 8.78 Å². The fourth-order valence-electron chi connectivity index (χ4n) is 2.88. The van der Waals surface area contributed by atoms with Crippen LogP contribution in [0.5, 0.6) is 0 Å². The fourth-order valence-corrected chi connectivity index (χ4v) is 2.88. The number of hydrogen-bond acceptors (Lipinski definition) is 4. The van der Waals surface area contributed by atoms with E-state index in [0.29, 0.717) is 17.9 Å². The molecule has 0 aliphatic heterocycles. The Morgan fingerprint density at radius 3 is 2.83 bits per heavy atom. The number of aliphatic imine (C=N–C) groups is 1. The van der Waals surface area contributed by atoms with E-state index in [9.17, 15) is 13.6 Å². The van der Waals surface area contributed by atoms with Crippen LogP contribution in [0.2, 0.25) is 0 Å². The van der Waals surface area contributed by atoms with Gasteiger partial charge in [-0.3, -0.25) is 15.1 Å². The SMILES string of the molecule is NC(=NCCCc1cnc[nH]1)NC(=O)CC(c1ccc(F)c(F)c1)c1ncc[nH]1. The molecule has 3 rings (SSSR count). The molecule has 5 N–H and O–H groups in total. The number of aromatic nitrogens is 4. The van der Waals surface area contributed by atoms with Gasteiger partial charge in [0.05, 0.1) is 12.2 Å². The van der Waals surface area contributed by atoms with Crippen molar-refractivity contribution in [1.29, 1.82) is 0 Å². The van der Waals surface area contributed by atoms with Crippen molar-refractivity contribution < 1.29 is 13.6 Å². The molecule has 1 unspecified atom stereocenters. The van der Waals surface area contributed by atoms with E-state index in [-0.39, 0.29) is 12.4 Å². The highest BCUT2D eigenvalue weighted by molar-refractivity contribution is 5.96. The summed E-state index contributed by atoms with van der Waals surface area (Å²) in [6.45, 7) is 0.440. The lowest BCUT2D eigenvalue weighted by Crippen LogP contribution is -2.37. The lowest BCUT2D eigenvalue weighted by atomic mass is 9.94. The number of carbonyl (C=O) groups is 1. The number of benzene rings is 1. The average molecular weight is 401 g/mol. The number of aryl methyl sites for hydroxylation is 1. The normalized spacial score (nSPS) is 12.7. The van der Waals surface area contributed by atoms with Crippen molar-refractivity contribution in [3.63, 3.8) is 0 Å². The van der Waals surface area contributed by atoms with Crippen molar-refractivity contribution in [2.75, 3.05) is 6.54 Å². The number of hydrogen-bond donors (Lipinski definition) is 4. The largest absolute Gasteiger partial charge is 0.370 e. The molecule has 2 heterocycles. The molecular weight excluding hydrogens is 380 g/mol. The van der Waals surface area contributed by atoms with E-state index in [1.54, 1.807) is 18.7 Å². The van der Waals surface area contributed by atoms with Gasteiger partial charge in [-0.25, -0.2) is 18.7 Å². The second-order valence-electron chi connectivity index (χ2n) is 6.40. The van der Waals surface area contributed by atoms with Crippen LogP contribution in [0.3, 0.4) is 0 Å². The number of rotatable bonds is 8. The number of halogens is 2. The van der Waals surface area contributed by atoms with Crippen LogP contribution in [0.15, 0.2) is 48.1 Å². The molecular formula is C19H21F2N7O. The predicted octanol–water partition coefficient (Wildman–Crippen LogP) is 2.00. The Morgan fingerprint density at radius 1 is 1.28 bits per heavy atom. The van der Waals surface area contributed by atoms with Gasteiger partial charge < -0.3 is 15.7 Å². The lowest BCUT2D eigenvalue weighted by molar-refractivity contribution is -0.119. The lowest BCUT2D eigenvalue weighted by Gasteiger charge is -2.15. The van der Waals surface area contributed by atoms with Gasteiger partial charge in [-0.2, -0.15) is 0 Å². The third-order valence-electron chi connectivity index (χ3n) is 4.29. The Balaban J connectivity index is 1.59. The number of guanidine groups is 1. The molecule has 0 bridgehead atoms. The van der Waals surface area contributed by atoms with E-state index in [0.717, 1.165) is 30.7 Å². The molecule has 1 atom stereocenters. The summed E-state index contributed by atoms with van der Waals surface area (Å²) in [6, 6.07) is 3.50. The van der Waals surface area contributed by atoms with Crippen LogP contribution in [-0.2, 0) is 11.2 Å². The van der Waals surface area contributed by atoms with Crippen LogP contribution in [-0.4, -0.2) is 38.3 Å². The van der Waals surface area contributed by atoms with Gasteiger partial charge >= 0.3 is 0 Å². The number of carbonyl (C=O) groups excluding carboxylic acids is 1. The zero-order valence-corrected chi connectivity index (χ0v) is 15.5. The number of H-pyrrole nitrogens is 2. The predicted molar refractivity (Wildman–Crippen MR) is 103 cm³/mol. The standard InChI is InChI=1S/C19H21F2N7O/c20-15-4-3-12(8-16(15)21)14(18-24-6-7-25-18)9-17(29)28-19(22)26-5-1-2-13-10-23-11-27-13/h3-4,6-8,10-11,14H,1-2,5,9H2,(H,23,27)(H,24,25)(H3,22,26,28,29). The molecule has 0 radical (unpaired) electrons. The molecule has 10 heteroatoms. The van der Waals surface area contributed by atoms with Gasteiger partial charge in [0, 0.05) is 37.3 Å². The van der Waals surface area contributed by atoms with Crippen molar-refractivity contribution in [2.24, 2.45) is 10.7 Å². The van der Waals surface area contributed by atoms with Crippen LogP contribution in [0.1, 0.15) is 35.8 Å². The summed E-state index contributed by atoms with van der Waals surface area (Å²) in [5.41, 5.74) is 7.19. The Hall–Kier alpha value is -3.56. The highest BCUT2D eigenvalue weighted by Gasteiger charge is 2.22. The first-order valence-corrected chi connectivity index (χ1v) is 9.04. The molecule has 29 heavy (non-hydrogen) atoms. The van der Waals surface area contributed by atoms with Gasteiger partial charge in [0.2, 0.25) is 5.91 Å². The zero-order chi connectivity index (χ0) is 20.6. The zero-order valence-electron chi connectivity index (χ0n) is 15.5. The molecule has 8 nitrogen and oxygen atoms in total. The summed E-state index contributed by atoms with van der Waals surface area (Å²) in [7, 11) is 0. The van der Waals surface area contributed by atoms with Gasteiger partial charge in [-0.15, -0.1) is 0 Å². The van der Waals surface area contributed by atoms with Crippen LogP contribution in [0.25, 0.3) is 0 Å². The molecule has 1 amide bonds. The molecule has 0 aliphatic carbocycles. The summed E-state index contributed by atoms with van der Waals surface area (Å²) in [5, 5.41) is 2.52. The Morgan fingerprint density at radius 2 is 2.14 bits per heavy atom. The second-order valence-corrected chi connectivity index (χ2v) is 6.40. The molecule has 0 saturated carbocycles. The first-order chi connectivity index (χ1) is 14.0. The van der Waals surface area contributed by atoms with E-state index in [1.165, 1.54) is 12.3 Å². The topological polar surface area (TPSA) is 125 Å². The quantitative estimate of drug-likeness (QED) is 0.262. The number of aromatic amines is 2. The average Bonchev–Trinajstić information content (AvgIpc) is 3.40. The minimum Gasteiger partial charge on any atom is -0.370 e. The highest BCUT2D eigenvalue weighted by atomic mass is 19.2. The summed E-state index contributed by atoms with van der Waals surface area (Å²) in [5.74, 6) is -2.48.